The van der Waals surface area contributed by atoms with Gasteiger partial charge in [-0.25, -0.2) is 9.67 Å². The van der Waals surface area contributed by atoms with Gasteiger partial charge in [0.15, 0.2) is 0 Å². The summed E-state index contributed by atoms with van der Waals surface area (Å²) >= 11 is 0. The number of carbonyl (C=O) groups is 1. The summed E-state index contributed by atoms with van der Waals surface area (Å²) in [6.45, 7) is 2.67. The number of aromatic nitrogens is 3. The molecule has 1 aromatic rings. The average molecular weight is 266 g/mol. The Bertz CT molecular complexity index is 397. The Morgan fingerprint density at radius 2 is 2.26 bits per heavy atom. The first-order chi connectivity index (χ1) is 9.11. The monoisotopic (exact) mass is 266 g/mol. The van der Waals surface area contributed by atoms with Crippen molar-refractivity contribution in [2.24, 2.45) is 5.92 Å². The fourth-order valence-corrected chi connectivity index (χ4v) is 2.58. The van der Waals surface area contributed by atoms with Crippen molar-refractivity contribution in [1.82, 2.24) is 20.1 Å². The molecule has 1 fully saturated rings. The molecule has 2 rings (SSSR count). The van der Waals surface area contributed by atoms with Gasteiger partial charge in [0.25, 0.3) is 0 Å². The Hall–Kier alpha value is -1.43. The molecule has 1 saturated carbocycles. The summed E-state index contributed by atoms with van der Waals surface area (Å²) in [7, 11) is 0. The van der Waals surface area contributed by atoms with E-state index in [9.17, 15) is 9.90 Å². The van der Waals surface area contributed by atoms with E-state index >= 15 is 0 Å². The van der Waals surface area contributed by atoms with Crippen LogP contribution >= 0.6 is 0 Å². The van der Waals surface area contributed by atoms with E-state index in [1.807, 2.05) is 0 Å². The number of carbonyl (C=O) groups excluding carboxylic acids is 1. The third-order valence-electron chi connectivity index (χ3n) is 4.00. The molecule has 0 aromatic carbocycles. The number of hydrogen-bond acceptors (Lipinski definition) is 4. The lowest BCUT2D eigenvalue weighted by Crippen LogP contribution is -2.46. The maximum Gasteiger partial charge on any atom is 0.241 e. The molecule has 0 unspecified atom stereocenters. The molecule has 0 radical (unpaired) electrons. The van der Waals surface area contributed by atoms with Crippen molar-refractivity contribution in [2.75, 3.05) is 6.54 Å². The Balaban J connectivity index is 1.74. The standard InChI is InChI=1S/C13H22N4O2/c1-2-11-3-5-13(19,6-4-11)8-15-12(18)7-17-10-14-9-16-17/h9-11,19H,2-8H2,1H3,(H,15,18). The van der Waals surface area contributed by atoms with Crippen LogP contribution in [-0.2, 0) is 11.3 Å². The summed E-state index contributed by atoms with van der Waals surface area (Å²) < 4.78 is 1.47. The SMILES string of the molecule is CCC1CCC(O)(CNC(=O)Cn2cncn2)CC1. The van der Waals surface area contributed by atoms with E-state index in [0.717, 1.165) is 31.6 Å². The van der Waals surface area contributed by atoms with Crippen LogP contribution in [0.15, 0.2) is 12.7 Å². The molecule has 0 bridgehead atoms. The highest BCUT2D eigenvalue weighted by atomic mass is 16.3. The Morgan fingerprint density at radius 3 is 2.84 bits per heavy atom. The molecule has 1 aliphatic rings. The Morgan fingerprint density at radius 1 is 1.53 bits per heavy atom. The summed E-state index contributed by atoms with van der Waals surface area (Å²) in [5.41, 5.74) is -0.732. The smallest absolute Gasteiger partial charge is 0.241 e. The largest absolute Gasteiger partial charge is 0.388 e. The molecular formula is C13H22N4O2. The highest BCUT2D eigenvalue weighted by Gasteiger charge is 2.32. The van der Waals surface area contributed by atoms with Gasteiger partial charge in [0.2, 0.25) is 5.91 Å². The molecule has 1 aromatic heterocycles. The molecular weight excluding hydrogens is 244 g/mol. The first-order valence-electron chi connectivity index (χ1n) is 6.93. The zero-order valence-electron chi connectivity index (χ0n) is 11.4. The Kier molecular flexibility index (Phi) is 4.52. The lowest BCUT2D eigenvalue weighted by atomic mass is 9.78. The van der Waals surface area contributed by atoms with Crippen molar-refractivity contribution in [2.45, 2.75) is 51.2 Å². The highest BCUT2D eigenvalue weighted by molar-refractivity contribution is 5.75. The van der Waals surface area contributed by atoms with Crippen LogP contribution in [0.4, 0.5) is 0 Å². The maximum atomic E-state index is 11.7. The molecule has 0 spiro atoms. The second-order valence-electron chi connectivity index (χ2n) is 5.45. The number of amides is 1. The number of aliphatic hydroxyl groups is 1. The zero-order chi connectivity index (χ0) is 13.7. The van der Waals surface area contributed by atoms with Crippen LogP contribution in [0.3, 0.4) is 0 Å². The molecule has 1 amide bonds. The molecule has 1 aliphatic carbocycles. The van der Waals surface area contributed by atoms with Crippen LogP contribution in [0.1, 0.15) is 39.0 Å². The molecule has 1 heterocycles. The second-order valence-corrected chi connectivity index (χ2v) is 5.45. The van der Waals surface area contributed by atoms with Gasteiger partial charge < -0.3 is 10.4 Å². The molecule has 106 valence electrons. The third kappa shape index (κ3) is 4.02. The lowest BCUT2D eigenvalue weighted by Gasteiger charge is -2.35. The Labute approximate surface area is 113 Å². The van der Waals surface area contributed by atoms with Gasteiger partial charge in [-0.15, -0.1) is 0 Å². The number of rotatable bonds is 5. The molecule has 6 heteroatoms. The third-order valence-corrected chi connectivity index (χ3v) is 4.00. The molecule has 19 heavy (non-hydrogen) atoms. The van der Waals surface area contributed by atoms with Crippen LogP contribution in [0.2, 0.25) is 0 Å². The average Bonchev–Trinajstić information content (AvgIpc) is 2.90. The minimum absolute atomic E-state index is 0.142. The summed E-state index contributed by atoms with van der Waals surface area (Å²) in [5, 5.41) is 17.1. The quantitative estimate of drug-likeness (QED) is 0.823. The first-order valence-corrected chi connectivity index (χ1v) is 6.93. The van der Waals surface area contributed by atoms with E-state index in [-0.39, 0.29) is 12.5 Å². The second kappa shape index (κ2) is 6.14. The van der Waals surface area contributed by atoms with Gasteiger partial charge in [0.05, 0.1) is 5.60 Å². The fraction of sp³-hybridized carbons (Fsp3) is 0.769. The predicted molar refractivity (Wildman–Crippen MR) is 70.2 cm³/mol. The van der Waals surface area contributed by atoms with Gasteiger partial charge in [-0.3, -0.25) is 4.79 Å². The minimum atomic E-state index is -0.732. The normalized spacial score (nSPS) is 27.2. The molecule has 6 nitrogen and oxygen atoms in total. The van der Waals surface area contributed by atoms with Crippen molar-refractivity contribution in [1.29, 1.82) is 0 Å². The summed E-state index contributed by atoms with van der Waals surface area (Å²) in [6, 6.07) is 0. The summed E-state index contributed by atoms with van der Waals surface area (Å²) in [6.07, 6.45) is 7.71. The van der Waals surface area contributed by atoms with Gasteiger partial charge >= 0.3 is 0 Å². The van der Waals surface area contributed by atoms with Crippen molar-refractivity contribution >= 4 is 5.91 Å². The van der Waals surface area contributed by atoms with Gasteiger partial charge in [-0.05, 0) is 31.6 Å². The van der Waals surface area contributed by atoms with Crippen LogP contribution in [0.25, 0.3) is 0 Å². The van der Waals surface area contributed by atoms with Crippen LogP contribution in [0.5, 0.6) is 0 Å². The van der Waals surface area contributed by atoms with E-state index in [1.54, 1.807) is 0 Å². The summed E-state index contributed by atoms with van der Waals surface area (Å²) in [4.78, 5) is 15.5. The highest BCUT2D eigenvalue weighted by Crippen LogP contribution is 2.33. The van der Waals surface area contributed by atoms with Gasteiger partial charge in [0, 0.05) is 6.54 Å². The van der Waals surface area contributed by atoms with Crippen LogP contribution in [-0.4, -0.2) is 37.9 Å². The van der Waals surface area contributed by atoms with E-state index in [2.05, 4.69) is 22.3 Å². The van der Waals surface area contributed by atoms with Crippen LogP contribution in [0, 0.1) is 5.92 Å². The minimum Gasteiger partial charge on any atom is -0.388 e. The number of nitrogens with one attached hydrogen (secondary N) is 1. The molecule has 0 saturated heterocycles. The topological polar surface area (TPSA) is 80.0 Å². The zero-order valence-corrected chi connectivity index (χ0v) is 11.4. The van der Waals surface area contributed by atoms with Crippen molar-refractivity contribution < 1.29 is 9.90 Å². The van der Waals surface area contributed by atoms with Crippen LogP contribution < -0.4 is 5.32 Å². The number of hydrogen-bond donors (Lipinski definition) is 2. The van der Waals surface area contributed by atoms with E-state index < -0.39 is 5.60 Å². The van der Waals surface area contributed by atoms with E-state index in [4.69, 9.17) is 0 Å². The van der Waals surface area contributed by atoms with Crippen molar-refractivity contribution in [3.8, 4) is 0 Å². The fourth-order valence-electron chi connectivity index (χ4n) is 2.58. The molecule has 2 N–H and O–H groups in total. The van der Waals surface area contributed by atoms with Gasteiger partial charge in [-0.1, -0.05) is 13.3 Å². The first kappa shape index (κ1) is 14.0. The molecule has 0 atom stereocenters. The lowest BCUT2D eigenvalue weighted by molar-refractivity contribution is -0.123. The molecule has 0 aliphatic heterocycles. The maximum absolute atomic E-state index is 11.7. The summed E-state index contributed by atoms with van der Waals surface area (Å²) in [5.74, 6) is 0.586. The number of nitrogens with zero attached hydrogens (tertiary/aromatic N) is 3. The van der Waals surface area contributed by atoms with E-state index in [1.165, 1.54) is 23.8 Å². The van der Waals surface area contributed by atoms with Crippen molar-refractivity contribution in [3.05, 3.63) is 12.7 Å². The van der Waals surface area contributed by atoms with Gasteiger partial charge in [0.1, 0.15) is 19.2 Å². The van der Waals surface area contributed by atoms with E-state index in [0.29, 0.717) is 6.54 Å². The van der Waals surface area contributed by atoms with Crippen molar-refractivity contribution in [3.63, 3.8) is 0 Å². The predicted octanol–water partition coefficient (Wildman–Crippen LogP) is 0.726. The van der Waals surface area contributed by atoms with Gasteiger partial charge in [-0.2, -0.15) is 5.10 Å².